The summed E-state index contributed by atoms with van der Waals surface area (Å²) < 4.78 is 5.75. The van der Waals surface area contributed by atoms with Crippen LogP contribution in [0.1, 0.15) is 22.5 Å². The third kappa shape index (κ3) is 4.20. The van der Waals surface area contributed by atoms with Crippen molar-refractivity contribution in [1.29, 1.82) is 0 Å². The standard InChI is InChI=1S/C19H16Cl2N2O2S2/c20-12-5-6-14(15(21)9-12)16-11-27-19(22-16)23(10-13-3-1-7-25-13)18(24)17-4-2-8-26-17/h2,4-6,8-9,11,13H,1,3,7,10H2. The van der Waals surface area contributed by atoms with E-state index in [1.54, 1.807) is 17.0 Å². The van der Waals surface area contributed by atoms with Crippen LogP contribution >= 0.6 is 45.9 Å². The van der Waals surface area contributed by atoms with E-state index in [4.69, 9.17) is 27.9 Å². The molecule has 1 atom stereocenters. The van der Waals surface area contributed by atoms with Crippen molar-refractivity contribution >= 4 is 56.9 Å². The number of nitrogens with zero attached hydrogens (tertiary/aromatic N) is 2. The van der Waals surface area contributed by atoms with Crippen molar-refractivity contribution in [2.45, 2.75) is 18.9 Å². The largest absolute Gasteiger partial charge is 0.376 e. The Labute approximate surface area is 175 Å². The molecule has 8 heteroatoms. The molecule has 1 aromatic carbocycles. The highest BCUT2D eigenvalue weighted by molar-refractivity contribution is 7.14. The van der Waals surface area contributed by atoms with E-state index in [1.165, 1.54) is 22.7 Å². The lowest BCUT2D eigenvalue weighted by Crippen LogP contribution is -2.37. The Kier molecular flexibility index (Phi) is 5.80. The van der Waals surface area contributed by atoms with Crippen LogP contribution in [0, 0.1) is 0 Å². The second kappa shape index (κ2) is 8.29. The molecule has 2 aromatic heterocycles. The first-order valence-electron chi connectivity index (χ1n) is 8.50. The molecule has 0 bridgehead atoms. The molecule has 0 radical (unpaired) electrons. The lowest BCUT2D eigenvalue weighted by atomic mass is 10.2. The number of thiophene rings is 1. The number of hydrogen-bond acceptors (Lipinski definition) is 5. The Balaban J connectivity index is 1.65. The number of aromatic nitrogens is 1. The summed E-state index contributed by atoms with van der Waals surface area (Å²) in [4.78, 5) is 20.2. The Morgan fingerprint density at radius 3 is 2.89 bits per heavy atom. The molecule has 3 heterocycles. The van der Waals surface area contributed by atoms with Crippen LogP contribution < -0.4 is 4.90 Å². The van der Waals surface area contributed by atoms with Gasteiger partial charge in [0, 0.05) is 22.6 Å². The number of anilines is 1. The van der Waals surface area contributed by atoms with Gasteiger partial charge in [0.25, 0.3) is 5.91 Å². The summed E-state index contributed by atoms with van der Waals surface area (Å²) in [6, 6.07) is 9.03. The SMILES string of the molecule is O=C(c1cccs1)N(CC1CCCO1)c1nc(-c2ccc(Cl)cc2Cl)cs1. The number of ether oxygens (including phenoxy) is 1. The number of amides is 1. The number of halogens is 2. The zero-order chi connectivity index (χ0) is 18.8. The zero-order valence-corrected chi connectivity index (χ0v) is 17.4. The van der Waals surface area contributed by atoms with Crippen molar-refractivity contribution in [3.8, 4) is 11.3 Å². The second-order valence-corrected chi connectivity index (χ2v) is 8.80. The van der Waals surface area contributed by atoms with Crippen LogP contribution in [0.25, 0.3) is 11.3 Å². The van der Waals surface area contributed by atoms with E-state index in [1.807, 2.05) is 29.0 Å². The zero-order valence-electron chi connectivity index (χ0n) is 14.2. The third-order valence-corrected chi connectivity index (χ3v) is 6.59. The van der Waals surface area contributed by atoms with Crippen LogP contribution in [-0.4, -0.2) is 30.1 Å². The molecular formula is C19H16Cl2N2O2S2. The topological polar surface area (TPSA) is 42.4 Å². The van der Waals surface area contributed by atoms with Crippen molar-refractivity contribution in [2.75, 3.05) is 18.1 Å². The monoisotopic (exact) mass is 438 g/mol. The first kappa shape index (κ1) is 18.9. The summed E-state index contributed by atoms with van der Waals surface area (Å²) in [6.45, 7) is 1.24. The van der Waals surface area contributed by atoms with Gasteiger partial charge >= 0.3 is 0 Å². The first-order valence-corrected chi connectivity index (χ1v) is 11.0. The third-order valence-electron chi connectivity index (χ3n) is 4.32. The predicted molar refractivity (Wildman–Crippen MR) is 113 cm³/mol. The Morgan fingerprint density at radius 2 is 2.19 bits per heavy atom. The molecule has 27 heavy (non-hydrogen) atoms. The maximum atomic E-state index is 13.1. The molecule has 4 rings (SSSR count). The van der Waals surface area contributed by atoms with Gasteiger partial charge in [-0.2, -0.15) is 0 Å². The molecule has 1 saturated heterocycles. The van der Waals surface area contributed by atoms with E-state index < -0.39 is 0 Å². The number of thiazole rings is 1. The van der Waals surface area contributed by atoms with E-state index in [0.717, 1.165) is 30.7 Å². The molecule has 1 amide bonds. The maximum absolute atomic E-state index is 13.1. The van der Waals surface area contributed by atoms with Crippen molar-refractivity contribution < 1.29 is 9.53 Å². The average Bonchev–Trinajstić information content (AvgIpc) is 3.40. The van der Waals surface area contributed by atoms with Gasteiger partial charge in [0.1, 0.15) is 0 Å². The molecular weight excluding hydrogens is 423 g/mol. The molecule has 140 valence electrons. The van der Waals surface area contributed by atoms with E-state index >= 15 is 0 Å². The summed E-state index contributed by atoms with van der Waals surface area (Å²) in [7, 11) is 0. The van der Waals surface area contributed by atoms with Crippen molar-refractivity contribution in [3.05, 3.63) is 56.0 Å². The highest BCUT2D eigenvalue weighted by Crippen LogP contribution is 2.34. The lowest BCUT2D eigenvalue weighted by Gasteiger charge is -2.22. The number of benzene rings is 1. The minimum absolute atomic E-state index is 0.0420. The van der Waals surface area contributed by atoms with Gasteiger partial charge < -0.3 is 4.74 Å². The summed E-state index contributed by atoms with van der Waals surface area (Å²) in [5.74, 6) is -0.0522. The van der Waals surface area contributed by atoms with Gasteiger partial charge in [-0.15, -0.1) is 22.7 Å². The van der Waals surface area contributed by atoms with Crippen LogP contribution in [0.15, 0.2) is 41.1 Å². The van der Waals surface area contributed by atoms with Gasteiger partial charge in [-0.1, -0.05) is 29.3 Å². The van der Waals surface area contributed by atoms with Gasteiger partial charge in [0.15, 0.2) is 5.13 Å². The van der Waals surface area contributed by atoms with Gasteiger partial charge in [0.2, 0.25) is 0 Å². The van der Waals surface area contributed by atoms with Crippen LogP contribution in [0.5, 0.6) is 0 Å². The Bertz CT molecular complexity index is 937. The number of rotatable bonds is 5. The Morgan fingerprint density at radius 1 is 1.30 bits per heavy atom. The maximum Gasteiger partial charge on any atom is 0.270 e. The molecule has 1 fully saturated rings. The van der Waals surface area contributed by atoms with Crippen molar-refractivity contribution in [3.63, 3.8) is 0 Å². The smallest absolute Gasteiger partial charge is 0.270 e. The molecule has 1 aliphatic heterocycles. The average molecular weight is 439 g/mol. The number of carbonyl (C=O) groups excluding carboxylic acids is 1. The van der Waals surface area contributed by atoms with E-state index in [9.17, 15) is 4.79 Å². The normalized spacial score (nSPS) is 16.6. The lowest BCUT2D eigenvalue weighted by molar-refractivity contribution is 0.0920. The van der Waals surface area contributed by atoms with E-state index in [2.05, 4.69) is 4.98 Å². The van der Waals surface area contributed by atoms with Gasteiger partial charge in [0.05, 0.1) is 28.2 Å². The van der Waals surface area contributed by atoms with E-state index in [-0.39, 0.29) is 12.0 Å². The minimum atomic E-state index is -0.0522. The molecule has 0 saturated carbocycles. The summed E-state index contributed by atoms with van der Waals surface area (Å²) in [6.07, 6.45) is 2.02. The van der Waals surface area contributed by atoms with Crippen LogP contribution in [0.4, 0.5) is 5.13 Å². The molecule has 1 unspecified atom stereocenters. The quantitative estimate of drug-likeness (QED) is 0.489. The van der Waals surface area contributed by atoms with Crippen molar-refractivity contribution in [1.82, 2.24) is 4.98 Å². The van der Waals surface area contributed by atoms with Gasteiger partial charge in [-0.05, 0) is 42.5 Å². The molecule has 0 N–H and O–H groups in total. The van der Waals surface area contributed by atoms with Gasteiger partial charge in [-0.25, -0.2) is 4.98 Å². The Hall–Kier alpha value is -1.44. The second-order valence-electron chi connectivity index (χ2n) is 6.17. The number of carbonyl (C=O) groups is 1. The predicted octanol–water partition coefficient (Wildman–Crippen LogP) is 6.00. The fraction of sp³-hybridized carbons (Fsp3) is 0.263. The summed E-state index contributed by atoms with van der Waals surface area (Å²) in [5.41, 5.74) is 1.53. The molecule has 3 aromatic rings. The van der Waals surface area contributed by atoms with Crippen LogP contribution in [0.2, 0.25) is 10.0 Å². The van der Waals surface area contributed by atoms with Crippen LogP contribution in [0.3, 0.4) is 0 Å². The molecule has 4 nitrogen and oxygen atoms in total. The molecule has 1 aliphatic rings. The number of hydrogen-bond donors (Lipinski definition) is 0. The van der Waals surface area contributed by atoms with Crippen LogP contribution in [-0.2, 0) is 4.74 Å². The first-order chi connectivity index (χ1) is 13.1. The highest BCUT2D eigenvalue weighted by Gasteiger charge is 2.27. The fourth-order valence-corrected chi connectivity index (χ4v) is 4.99. The molecule has 0 aliphatic carbocycles. The summed E-state index contributed by atoms with van der Waals surface area (Å²) >= 11 is 15.2. The van der Waals surface area contributed by atoms with E-state index in [0.29, 0.717) is 26.6 Å². The summed E-state index contributed by atoms with van der Waals surface area (Å²) in [5, 5.41) is 5.57. The molecule has 0 spiro atoms. The van der Waals surface area contributed by atoms with Crippen molar-refractivity contribution in [2.24, 2.45) is 0 Å². The van der Waals surface area contributed by atoms with Gasteiger partial charge in [-0.3, -0.25) is 9.69 Å². The fourth-order valence-electron chi connectivity index (χ4n) is 2.98. The minimum Gasteiger partial charge on any atom is -0.376 e. The highest BCUT2D eigenvalue weighted by atomic mass is 35.5.